The summed E-state index contributed by atoms with van der Waals surface area (Å²) in [4.78, 5) is 11.9. The molecule has 2 rings (SSSR count). The predicted octanol–water partition coefficient (Wildman–Crippen LogP) is 1.58. The fourth-order valence-corrected chi connectivity index (χ4v) is 2.73. The average molecular weight is 348 g/mol. The van der Waals surface area contributed by atoms with E-state index in [0.29, 0.717) is 6.42 Å². The zero-order valence-electron chi connectivity index (χ0n) is 12.9. The largest absolute Gasteiger partial charge is 0.416 e. The van der Waals surface area contributed by atoms with E-state index in [1.165, 1.54) is 7.11 Å². The van der Waals surface area contributed by atoms with Crippen molar-refractivity contribution in [3.8, 4) is 0 Å². The van der Waals surface area contributed by atoms with E-state index in [1.807, 2.05) is 0 Å². The Kier molecular flexibility index (Phi) is 5.68. The lowest BCUT2D eigenvalue weighted by molar-refractivity contribution is -0.137. The summed E-state index contributed by atoms with van der Waals surface area (Å²) in [5.41, 5.74) is -0.632. The van der Waals surface area contributed by atoms with Gasteiger partial charge in [-0.25, -0.2) is 4.79 Å². The number of carbonyl (C=O) groups is 1. The Labute approximate surface area is 136 Å². The van der Waals surface area contributed by atoms with E-state index in [9.17, 15) is 28.2 Å². The van der Waals surface area contributed by atoms with Gasteiger partial charge in [0.25, 0.3) is 0 Å². The van der Waals surface area contributed by atoms with E-state index >= 15 is 0 Å². The van der Waals surface area contributed by atoms with Crippen LogP contribution in [0.2, 0.25) is 0 Å². The number of methoxy groups -OCH3 is 1. The molecule has 0 aliphatic heterocycles. The van der Waals surface area contributed by atoms with Crippen LogP contribution < -0.4 is 10.6 Å². The van der Waals surface area contributed by atoms with Gasteiger partial charge in [0.05, 0.1) is 24.3 Å². The topological polar surface area (TPSA) is 90.8 Å². The number of hydrogen-bond acceptors (Lipinski definition) is 4. The fourth-order valence-electron chi connectivity index (χ4n) is 2.73. The zero-order valence-corrected chi connectivity index (χ0v) is 12.9. The molecule has 1 aromatic carbocycles. The molecule has 6 nitrogen and oxygen atoms in total. The third-order valence-electron chi connectivity index (χ3n) is 3.97. The first-order valence-electron chi connectivity index (χ1n) is 7.32. The fraction of sp³-hybridized carbons (Fsp3) is 0.533. The molecule has 4 N–H and O–H groups in total. The molecule has 134 valence electrons. The first kappa shape index (κ1) is 18.5. The van der Waals surface area contributed by atoms with Gasteiger partial charge in [0.1, 0.15) is 6.10 Å². The van der Waals surface area contributed by atoms with Crippen LogP contribution in [-0.2, 0) is 10.9 Å². The molecule has 1 aliphatic carbocycles. The maximum atomic E-state index is 12.5. The lowest BCUT2D eigenvalue weighted by Crippen LogP contribution is -2.44. The van der Waals surface area contributed by atoms with Gasteiger partial charge in [0.2, 0.25) is 0 Å². The second-order valence-corrected chi connectivity index (χ2v) is 5.71. The summed E-state index contributed by atoms with van der Waals surface area (Å²) in [6.07, 6.45) is -6.26. The summed E-state index contributed by atoms with van der Waals surface area (Å²) >= 11 is 0. The quantitative estimate of drug-likeness (QED) is 0.665. The van der Waals surface area contributed by atoms with Gasteiger partial charge >= 0.3 is 12.2 Å². The number of carbonyl (C=O) groups excluding carboxylic acids is 1. The van der Waals surface area contributed by atoms with E-state index in [2.05, 4.69) is 10.6 Å². The molecule has 0 radical (unpaired) electrons. The molecule has 1 aliphatic rings. The minimum atomic E-state index is -4.44. The molecule has 0 saturated heterocycles. The number of urea groups is 1. The van der Waals surface area contributed by atoms with E-state index in [0.717, 1.165) is 24.3 Å². The number of nitrogens with one attached hydrogen (secondary N) is 2. The van der Waals surface area contributed by atoms with Crippen LogP contribution in [-0.4, -0.2) is 48.2 Å². The van der Waals surface area contributed by atoms with Crippen LogP contribution in [0.1, 0.15) is 12.0 Å². The van der Waals surface area contributed by atoms with Crippen molar-refractivity contribution >= 4 is 11.7 Å². The lowest BCUT2D eigenvalue weighted by atomic mass is 10.1. The molecule has 0 heterocycles. The summed E-state index contributed by atoms with van der Waals surface area (Å²) in [5, 5.41) is 24.7. The van der Waals surface area contributed by atoms with E-state index < -0.39 is 36.0 Å². The number of amides is 2. The maximum absolute atomic E-state index is 12.5. The molecule has 0 unspecified atom stereocenters. The highest BCUT2D eigenvalue weighted by Crippen LogP contribution is 2.30. The van der Waals surface area contributed by atoms with Gasteiger partial charge in [0, 0.05) is 18.7 Å². The molecule has 24 heavy (non-hydrogen) atoms. The molecule has 0 aromatic heterocycles. The summed E-state index contributed by atoms with van der Waals surface area (Å²) < 4.78 is 42.4. The van der Waals surface area contributed by atoms with Gasteiger partial charge in [-0.15, -0.1) is 0 Å². The summed E-state index contributed by atoms with van der Waals surface area (Å²) in [7, 11) is 1.47. The van der Waals surface area contributed by atoms with Gasteiger partial charge in [-0.1, -0.05) is 0 Å². The molecule has 1 aromatic rings. The van der Waals surface area contributed by atoms with Crippen LogP contribution >= 0.6 is 0 Å². The van der Waals surface area contributed by atoms with Crippen molar-refractivity contribution < 1.29 is 32.9 Å². The van der Waals surface area contributed by atoms with Crippen LogP contribution in [0.15, 0.2) is 24.3 Å². The molecule has 4 atom stereocenters. The number of anilines is 1. The second kappa shape index (κ2) is 7.37. The van der Waals surface area contributed by atoms with Crippen molar-refractivity contribution in [1.82, 2.24) is 5.32 Å². The van der Waals surface area contributed by atoms with Gasteiger partial charge < -0.3 is 25.6 Å². The minimum absolute atomic E-state index is 0.182. The molecule has 2 amide bonds. The molecular formula is C15H19F3N2O4. The normalized spacial score (nSPS) is 27.1. The van der Waals surface area contributed by atoms with Crippen molar-refractivity contribution in [3.63, 3.8) is 0 Å². The Morgan fingerprint density at radius 2 is 1.88 bits per heavy atom. The molecule has 1 fully saturated rings. The van der Waals surface area contributed by atoms with E-state index in [1.54, 1.807) is 0 Å². The molecular weight excluding hydrogens is 329 g/mol. The standard InChI is InChI=1S/C15H19F3N2O4/c1-24-7-8-6-11(13(22)12(8)21)20-14(23)19-10-4-2-9(3-5-10)15(16,17)18/h2-5,8,11-13,21-22H,6-7H2,1H3,(H2,19,20,23)/t8-,11-,12-,13+/m1/s1. The van der Waals surface area contributed by atoms with Crippen molar-refractivity contribution in [2.75, 3.05) is 19.0 Å². The summed E-state index contributed by atoms with van der Waals surface area (Å²) in [6, 6.07) is 2.64. The zero-order chi connectivity index (χ0) is 17.9. The number of alkyl halides is 3. The number of rotatable bonds is 4. The SMILES string of the molecule is COC[C@H]1C[C@@H](NC(=O)Nc2ccc(C(F)(F)F)cc2)[C@H](O)[C@@H]1O. The van der Waals surface area contributed by atoms with Gasteiger partial charge in [-0.2, -0.15) is 13.2 Å². The van der Waals surface area contributed by atoms with Crippen LogP contribution in [0.4, 0.5) is 23.7 Å². The Bertz CT molecular complexity index is 565. The van der Waals surface area contributed by atoms with E-state index in [-0.39, 0.29) is 18.2 Å². The third-order valence-corrected chi connectivity index (χ3v) is 3.97. The van der Waals surface area contributed by atoms with Gasteiger partial charge in [0.15, 0.2) is 0 Å². The van der Waals surface area contributed by atoms with Gasteiger partial charge in [-0.3, -0.25) is 0 Å². The molecule has 1 saturated carbocycles. The van der Waals surface area contributed by atoms with Crippen LogP contribution in [0, 0.1) is 5.92 Å². The molecule has 9 heteroatoms. The smallest absolute Gasteiger partial charge is 0.390 e. The van der Waals surface area contributed by atoms with Crippen LogP contribution in [0.25, 0.3) is 0 Å². The van der Waals surface area contributed by atoms with Gasteiger partial charge in [-0.05, 0) is 30.7 Å². The van der Waals surface area contributed by atoms with Crippen molar-refractivity contribution in [3.05, 3.63) is 29.8 Å². The Balaban J connectivity index is 1.91. The number of hydrogen-bond donors (Lipinski definition) is 4. The van der Waals surface area contributed by atoms with Crippen molar-refractivity contribution in [2.45, 2.75) is 30.8 Å². The van der Waals surface area contributed by atoms with Crippen LogP contribution in [0.5, 0.6) is 0 Å². The highest BCUT2D eigenvalue weighted by atomic mass is 19.4. The number of aliphatic hydroxyl groups excluding tert-OH is 2. The third kappa shape index (κ3) is 4.37. The van der Waals surface area contributed by atoms with Crippen molar-refractivity contribution in [1.29, 1.82) is 0 Å². The Morgan fingerprint density at radius 1 is 1.25 bits per heavy atom. The summed E-state index contributed by atoms with van der Waals surface area (Å²) in [5.74, 6) is -0.304. The first-order valence-corrected chi connectivity index (χ1v) is 7.32. The monoisotopic (exact) mass is 348 g/mol. The number of halogens is 3. The average Bonchev–Trinajstić information content (AvgIpc) is 2.75. The minimum Gasteiger partial charge on any atom is -0.390 e. The number of aliphatic hydroxyl groups is 2. The van der Waals surface area contributed by atoms with Crippen molar-refractivity contribution in [2.24, 2.45) is 5.92 Å². The first-order chi connectivity index (χ1) is 11.2. The number of ether oxygens (including phenoxy) is 1. The molecule has 0 spiro atoms. The maximum Gasteiger partial charge on any atom is 0.416 e. The number of benzene rings is 1. The second-order valence-electron chi connectivity index (χ2n) is 5.71. The predicted molar refractivity (Wildman–Crippen MR) is 79.4 cm³/mol. The lowest BCUT2D eigenvalue weighted by Gasteiger charge is -2.18. The highest BCUT2D eigenvalue weighted by Gasteiger charge is 2.42. The highest BCUT2D eigenvalue weighted by molar-refractivity contribution is 5.89. The van der Waals surface area contributed by atoms with Crippen LogP contribution in [0.3, 0.4) is 0 Å². The molecule has 0 bridgehead atoms. The Morgan fingerprint density at radius 3 is 2.42 bits per heavy atom. The Hall–Kier alpha value is -1.84. The van der Waals surface area contributed by atoms with E-state index in [4.69, 9.17) is 4.74 Å². The summed E-state index contributed by atoms with van der Waals surface area (Å²) in [6.45, 7) is 0.247.